The van der Waals surface area contributed by atoms with Crippen molar-refractivity contribution in [3.05, 3.63) is 63.8 Å². The number of aromatic nitrogens is 2. The van der Waals surface area contributed by atoms with Crippen molar-refractivity contribution < 1.29 is 22.4 Å². The Bertz CT molecular complexity index is 1740. The molecule has 2 heterocycles. The van der Waals surface area contributed by atoms with Gasteiger partial charge in [-0.05, 0) is 30.4 Å². The van der Waals surface area contributed by atoms with Gasteiger partial charge in [-0.15, -0.1) is 11.3 Å². The van der Waals surface area contributed by atoms with Crippen molar-refractivity contribution in [2.75, 3.05) is 12.8 Å². The first-order chi connectivity index (χ1) is 17.5. The first kappa shape index (κ1) is 25.0. The van der Waals surface area contributed by atoms with Crippen molar-refractivity contribution in [3.8, 4) is 11.1 Å². The van der Waals surface area contributed by atoms with Crippen LogP contribution in [0, 0.1) is 5.82 Å². The molecule has 1 unspecified atom stereocenters. The number of carbonyl (C=O) groups is 2. The summed E-state index contributed by atoms with van der Waals surface area (Å²) in [6.45, 7) is -0.356. The third-order valence-corrected chi connectivity index (χ3v) is 8.66. The maximum absolute atomic E-state index is 15.3. The fourth-order valence-electron chi connectivity index (χ4n) is 4.17. The fourth-order valence-corrected chi connectivity index (χ4v) is 6.70. The van der Waals surface area contributed by atoms with Gasteiger partial charge in [-0.25, -0.2) is 17.8 Å². The zero-order valence-corrected chi connectivity index (χ0v) is 21.6. The molecule has 1 fully saturated rings. The molecule has 1 aliphatic carbocycles. The number of pyridine rings is 1. The van der Waals surface area contributed by atoms with E-state index in [2.05, 4.69) is 15.6 Å². The van der Waals surface area contributed by atoms with Crippen molar-refractivity contribution in [2.24, 2.45) is 7.05 Å². The van der Waals surface area contributed by atoms with Crippen LogP contribution in [0.25, 0.3) is 32.1 Å². The smallest absolute Gasteiger partial charge is 0.258 e. The van der Waals surface area contributed by atoms with E-state index >= 15 is 4.39 Å². The molecule has 2 aromatic heterocycles. The van der Waals surface area contributed by atoms with Crippen LogP contribution in [0.4, 0.5) is 4.39 Å². The molecule has 12 heteroatoms. The van der Waals surface area contributed by atoms with Crippen molar-refractivity contribution in [1.29, 1.82) is 0 Å². The maximum Gasteiger partial charge on any atom is 0.258 e. The monoisotopic (exact) mass is 542 g/mol. The Morgan fingerprint density at radius 2 is 1.89 bits per heavy atom. The van der Waals surface area contributed by atoms with E-state index in [1.807, 2.05) is 0 Å². The van der Waals surface area contributed by atoms with Gasteiger partial charge in [-0.2, -0.15) is 0 Å². The Morgan fingerprint density at radius 1 is 1.19 bits per heavy atom. The maximum atomic E-state index is 15.3. The zero-order valence-electron chi connectivity index (χ0n) is 19.9. The van der Waals surface area contributed by atoms with Crippen LogP contribution in [0.5, 0.6) is 0 Å². The molecule has 37 heavy (non-hydrogen) atoms. The number of carbonyl (C=O) groups excluding carboxylic acids is 2. The number of aryl methyl sites for hydroxylation is 1. The van der Waals surface area contributed by atoms with Gasteiger partial charge in [0.25, 0.3) is 5.56 Å². The molecule has 4 aromatic rings. The first-order valence-electron chi connectivity index (χ1n) is 11.5. The SMILES string of the molecule is Cn1cc(-c2cc3sc(C(C(=O)NCC(=O)NC4CC4)S(C)(=O)=O)nc3cc2F)c2ccccc2c1=O. The van der Waals surface area contributed by atoms with E-state index in [9.17, 15) is 22.8 Å². The van der Waals surface area contributed by atoms with Crippen molar-refractivity contribution in [2.45, 2.75) is 24.1 Å². The molecule has 192 valence electrons. The van der Waals surface area contributed by atoms with Crippen LogP contribution in [0.3, 0.4) is 0 Å². The number of nitrogens with zero attached hydrogens (tertiary/aromatic N) is 2. The summed E-state index contributed by atoms with van der Waals surface area (Å²) < 4.78 is 42.3. The zero-order chi connectivity index (χ0) is 26.5. The highest BCUT2D eigenvalue weighted by molar-refractivity contribution is 7.91. The largest absolute Gasteiger partial charge is 0.352 e. The summed E-state index contributed by atoms with van der Waals surface area (Å²) in [5.74, 6) is -1.88. The van der Waals surface area contributed by atoms with Gasteiger partial charge in [0, 0.05) is 48.1 Å². The highest BCUT2D eigenvalue weighted by atomic mass is 32.2. The highest BCUT2D eigenvalue weighted by Gasteiger charge is 2.34. The van der Waals surface area contributed by atoms with Gasteiger partial charge in [-0.3, -0.25) is 14.4 Å². The molecule has 2 N–H and O–H groups in total. The van der Waals surface area contributed by atoms with Gasteiger partial charge in [-0.1, -0.05) is 18.2 Å². The van der Waals surface area contributed by atoms with Gasteiger partial charge < -0.3 is 15.2 Å². The van der Waals surface area contributed by atoms with Gasteiger partial charge in [0.05, 0.1) is 16.8 Å². The Labute approximate surface area is 215 Å². The molecule has 5 rings (SSSR count). The second-order valence-electron chi connectivity index (χ2n) is 9.13. The Morgan fingerprint density at radius 3 is 2.57 bits per heavy atom. The quantitative estimate of drug-likeness (QED) is 0.369. The summed E-state index contributed by atoms with van der Waals surface area (Å²) in [6, 6.07) is 9.72. The number of hydrogen-bond acceptors (Lipinski definition) is 7. The van der Waals surface area contributed by atoms with Crippen LogP contribution in [-0.2, 0) is 26.5 Å². The molecule has 0 bridgehead atoms. The van der Waals surface area contributed by atoms with Crippen LogP contribution in [0.1, 0.15) is 23.1 Å². The normalized spacial score (nSPS) is 14.6. The van der Waals surface area contributed by atoms with Crippen molar-refractivity contribution in [1.82, 2.24) is 20.2 Å². The highest BCUT2D eigenvalue weighted by Crippen LogP contribution is 2.36. The predicted molar refractivity (Wildman–Crippen MR) is 140 cm³/mol. The number of halogens is 1. The minimum atomic E-state index is -3.96. The van der Waals surface area contributed by atoms with Gasteiger partial charge in [0.15, 0.2) is 15.1 Å². The third-order valence-electron chi connectivity index (χ3n) is 6.13. The summed E-state index contributed by atoms with van der Waals surface area (Å²) >= 11 is 0.959. The summed E-state index contributed by atoms with van der Waals surface area (Å²) in [5, 5.41) is 4.43. The third kappa shape index (κ3) is 4.98. The number of fused-ring (bicyclic) bond motifs is 2. The molecule has 0 aliphatic heterocycles. The van der Waals surface area contributed by atoms with Crippen LogP contribution in [0.15, 0.2) is 47.4 Å². The Kier molecular flexibility index (Phi) is 6.32. The molecule has 0 spiro atoms. The molecule has 9 nitrogen and oxygen atoms in total. The number of hydrogen-bond donors (Lipinski definition) is 2. The second-order valence-corrected chi connectivity index (χ2v) is 12.3. The van der Waals surface area contributed by atoms with Gasteiger partial charge in [0.2, 0.25) is 11.8 Å². The molecule has 2 aromatic carbocycles. The first-order valence-corrected chi connectivity index (χ1v) is 14.2. The standard InChI is InChI=1S/C25H23FN4O5S2/c1-30-12-17(14-5-3-4-6-15(14)25(30)33)16-9-20-19(10-18(16)26)29-24(36-20)22(37(2,34)35)23(32)27-11-21(31)28-13-7-8-13/h3-6,9-10,12-13,22H,7-8,11H2,1-2H3,(H,27,32)(H,28,31). The van der Waals surface area contributed by atoms with E-state index in [4.69, 9.17) is 0 Å². The molecule has 0 radical (unpaired) electrons. The molecule has 1 aliphatic rings. The number of thiazole rings is 1. The predicted octanol–water partition coefficient (Wildman–Crippen LogP) is 2.43. The van der Waals surface area contributed by atoms with Crippen LogP contribution < -0.4 is 16.2 Å². The van der Waals surface area contributed by atoms with Gasteiger partial charge >= 0.3 is 0 Å². The van der Waals surface area contributed by atoms with E-state index < -0.39 is 32.7 Å². The number of rotatable bonds is 7. The lowest BCUT2D eigenvalue weighted by molar-refractivity contribution is -0.126. The summed E-state index contributed by atoms with van der Waals surface area (Å²) in [6.07, 6.45) is 4.22. The number of benzene rings is 2. The topological polar surface area (TPSA) is 127 Å². The molecular formula is C25H23FN4O5S2. The van der Waals surface area contributed by atoms with Crippen molar-refractivity contribution in [3.63, 3.8) is 0 Å². The lowest BCUT2D eigenvalue weighted by atomic mass is 10.00. The van der Waals surface area contributed by atoms with E-state index in [-0.39, 0.29) is 34.2 Å². The van der Waals surface area contributed by atoms with E-state index in [1.165, 1.54) is 10.6 Å². The average Bonchev–Trinajstić information content (AvgIpc) is 3.56. The molecule has 2 amide bonds. The number of sulfone groups is 1. The Balaban J connectivity index is 1.53. The lowest BCUT2D eigenvalue weighted by Gasteiger charge is -2.12. The van der Waals surface area contributed by atoms with E-state index in [1.54, 1.807) is 43.6 Å². The van der Waals surface area contributed by atoms with Gasteiger partial charge in [0.1, 0.15) is 10.8 Å². The van der Waals surface area contributed by atoms with Crippen LogP contribution in [0.2, 0.25) is 0 Å². The Hall–Kier alpha value is -3.64. The summed E-state index contributed by atoms with van der Waals surface area (Å²) in [7, 11) is -2.38. The average molecular weight is 543 g/mol. The minimum absolute atomic E-state index is 0.0283. The number of amides is 2. The van der Waals surface area contributed by atoms with Crippen LogP contribution >= 0.6 is 11.3 Å². The number of nitrogens with one attached hydrogen (secondary N) is 2. The van der Waals surface area contributed by atoms with Crippen molar-refractivity contribution >= 4 is 54.0 Å². The lowest BCUT2D eigenvalue weighted by Crippen LogP contribution is -2.41. The summed E-state index contributed by atoms with van der Waals surface area (Å²) in [5.41, 5.74) is 0.690. The van der Waals surface area contributed by atoms with E-state index in [0.29, 0.717) is 21.0 Å². The molecule has 0 saturated heterocycles. The minimum Gasteiger partial charge on any atom is -0.352 e. The van der Waals surface area contributed by atoms with Crippen LogP contribution in [-0.4, -0.2) is 48.6 Å². The van der Waals surface area contributed by atoms with E-state index in [0.717, 1.165) is 30.4 Å². The molecule has 1 saturated carbocycles. The summed E-state index contributed by atoms with van der Waals surface area (Å²) in [4.78, 5) is 41.6. The molecule has 1 atom stereocenters. The second kappa shape index (κ2) is 9.34. The fraction of sp³-hybridized carbons (Fsp3) is 0.280. The molecular weight excluding hydrogens is 519 g/mol.